The Morgan fingerprint density at radius 2 is 1.74 bits per heavy atom. The molecule has 0 aliphatic heterocycles. The minimum Gasteiger partial charge on any atom is -0.481 e. The molecule has 4 nitrogen and oxygen atoms in total. The van der Waals surface area contributed by atoms with E-state index in [4.69, 9.17) is 6.42 Å². The summed E-state index contributed by atoms with van der Waals surface area (Å²) in [4.78, 5) is 24.7. The highest BCUT2D eigenvalue weighted by Crippen LogP contribution is 2.57. The lowest BCUT2D eigenvalue weighted by molar-refractivity contribution is -0.149. The van der Waals surface area contributed by atoms with Gasteiger partial charge < -0.3 is 10.4 Å². The van der Waals surface area contributed by atoms with Gasteiger partial charge in [0.05, 0.1) is 11.8 Å². The second kappa shape index (κ2) is 6.39. The predicted octanol–water partition coefficient (Wildman–Crippen LogP) is 2.99. The highest BCUT2D eigenvalue weighted by Gasteiger charge is 2.57. The molecule has 4 heteroatoms. The molecule has 0 aromatic rings. The average Bonchev–Trinajstić information content (AvgIpc) is 3.08. The van der Waals surface area contributed by atoms with Crippen LogP contribution >= 0.6 is 0 Å². The Morgan fingerprint density at radius 3 is 2.13 bits per heavy atom. The molecular weight excluding hydrogens is 290 g/mol. The summed E-state index contributed by atoms with van der Waals surface area (Å²) in [6.07, 6.45) is 8.67. The van der Waals surface area contributed by atoms with Crippen molar-refractivity contribution in [2.45, 2.75) is 58.9 Å². The molecule has 0 radical (unpaired) electrons. The number of carbonyl (C=O) groups excluding carboxylic acids is 1. The molecule has 2 fully saturated rings. The van der Waals surface area contributed by atoms with Crippen LogP contribution in [0.2, 0.25) is 0 Å². The highest BCUT2D eigenvalue weighted by atomic mass is 16.4. The van der Waals surface area contributed by atoms with Gasteiger partial charge in [-0.3, -0.25) is 9.59 Å². The zero-order valence-corrected chi connectivity index (χ0v) is 14.5. The van der Waals surface area contributed by atoms with Gasteiger partial charge in [-0.15, -0.1) is 6.42 Å². The average molecular weight is 317 g/mol. The number of carbonyl (C=O) groups is 2. The first kappa shape index (κ1) is 17.6. The Bertz CT molecular complexity index is 576. The molecular formula is C19H27NO3. The van der Waals surface area contributed by atoms with Crippen molar-refractivity contribution in [2.75, 3.05) is 0 Å². The van der Waals surface area contributed by atoms with Crippen LogP contribution in [0.5, 0.6) is 0 Å². The van der Waals surface area contributed by atoms with E-state index in [0.717, 1.165) is 18.4 Å². The molecule has 0 saturated heterocycles. The van der Waals surface area contributed by atoms with Gasteiger partial charge in [0, 0.05) is 0 Å². The molecule has 0 aromatic carbocycles. The van der Waals surface area contributed by atoms with Gasteiger partial charge in [-0.2, -0.15) is 0 Å². The Balaban J connectivity index is 2.34. The van der Waals surface area contributed by atoms with Crippen LogP contribution in [-0.2, 0) is 9.59 Å². The quantitative estimate of drug-likeness (QED) is 0.605. The molecule has 2 aliphatic carbocycles. The van der Waals surface area contributed by atoms with E-state index in [1.54, 1.807) is 0 Å². The lowest BCUT2D eigenvalue weighted by Gasteiger charge is -2.32. The number of carboxylic acid groups (broad SMARTS) is 1. The zero-order valence-electron chi connectivity index (χ0n) is 14.5. The molecule has 2 rings (SSSR count). The number of amides is 1. The number of allylic oxidation sites excluding steroid dienone is 2. The van der Waals surface area contributed by atoms with E-state index >= 15 is 0 Å². The number of carboxylic acids is 1. The molecule has 2 saturated carbocycles. The number of nitrogens with one attached hydrogen (secondary N) is 1. The number of terminal acetylenes is 1. The first-order valence-corrected chi connectivity index (χ1v) is 8.51. The highest BCUT2D eigenvalue weighted by molar-refractivity contribution is 5.88. The number of fused-ring (bicyclic) bond motifs is 2. The summed E-state index contributed by atoms with van der Waals surface area (Å²) in [7, 11) is 0. The molecule has 2 bridgehead atoms. The second-order valence-corrected chi connectivity index (χ2v) is 7.06. The molecule has 0 unspecified atom stereocenters. The first-order valence-electron chi connectivity index (χ1n) is 8.51. The van der Waals surface area contributed by atoms with Gasteiger partial charge in [-0.25, -0.2) is 0 Å². The van der Waals surface area contributed by atoms with Crippen LogP contribution in [0.25, 0.3) is 0 Å². The molecule has 0 spiro atoms. The van der Waals surface area contributed by atoms with Crippen LogP contribution in [-0.4, -0.2) is 22.5 Å². The van der Waals surface area contributed by atoms with Gasteiger partial charge in [0.15, 0.2) is 0 Å². The van der Waals surface area contributed by atoms with Gasteiger partial charge in [0.25, 0.3) is 0 Å². The fourth-order valence-electron chi connectivity index (χ4n) is 4.59. The SMILES string of the molecule is C#CC(CC)(CC)NC(=O)[C@@H]1[C@@H](C(=O)O)[C@H]2CC[C@@H]1C2=C(C)C. The van der Waals surface area contributed by atoms with Crippen LogP contribution in [0.4, 0.5) is 0 Å². The smallest absolute Gasteiger partial charge is 0.307 e. The maximum absolute atomic E-state index is 12.9. The minimum atomic E-state index is -0.865. The van der Waals surface area contributed by atoms with Crippen LogP contribution in [0.1, 0.15) is 53.4 Å². The van der Waals surface area contributed by atoms with Crippen molar-refractivity contribution in [3.05, 3.63) is 11.1 Å². The van der Waals surface area contributed by atoms with E-state index in [0.29, 0.717) is 12.8 Å². The van der Waals surface area contributed by atoms with E-state index in [1.165, 1.54) is 5.57 Å². The van der Waals surface area contributed by atoms with E-state index in [1.807, 2.05) is 27.7 Å². The number of rotatable bonds is 5. The minimum absolute atomic E-state index is 0.00161. The van der Waals surface area contributed by atoms with Crippen LogP contribution in [0, 0.1) is 36.0 Å². The van der Waals surface area contributed by atoms with Gasteiger partial charge in [0.1, 0.15) is 5.54 Å². The molecule has 4 atom stereocenters. The van der Waals surface area contributed by atoms with Crippen LogP contribution in [0.15, 0.2) is 11.1 Å². The monoisotopic (exact) mass is 317 g/mol. The maximum atomic E-state index is 12.9. The number of hydrogen-bond donors (Lipinski definition) is 2. The topological polar surface area (TPSA) is 66.4 Å². The van der Waals surface area contributed by atoms with Crippen molar-refractivity contribution in [3.8, 4) is 12.3 Å². The van der Waals surface area contributed by atoms with Gasteiger partial charge >= 0.3 is 5.97 Å². The lowest BCUT2D eigenvalue weighted by atomic mass is 9.78. The molecule has 0 heterocycles. The third-order valence-electron chi connectivity index (χ3n) is 5.85. The van der Waals surface area contributed by atoms with Crippen LogP contribution in [0.3, 0.4) is 0 Å². The first-order chi connectivity index (χ1) is 10.8. The molecule has 126 valence electrons. The zero-order chi connectivity index (χ0) is 17.4. The standard InChI is InChI=1S/C19H27NO3/c1-6-19(7-2,8-3)20-17(21)15-12-9-10-13(14(12)11(4)5)16(15)18(22)23/h1,12-13,15-16H,7-10H2,2-5H3,(H,20,21)(H,22,23)/t12-,13+,15+,16+/m1/s1. The summed E-state index contributed by atoms with van der Waals surface area (Å²) in [6.45, 7) is 7.93. The van der Waals surface area contributed by atoms with Crippen molar-refractivity contribution in [2.24, 2.45) is 23.7 Å². The van der Waals surface area contributed by atoms with E-state index < -0.39 is 23.3 Å². The third-order valence-corrected chi connectivity index (χ3v) is 5.85. The Labute approximate surface area is 138 Å². The van der Waals surface area contributed by atoms with Crippen molar-refractivity contribution in [1.82, 2.24) is 5.32 Å². The Hall–Kier alpha value is -1.76. The maximum Gasteiger partial charge on any atom is 0.307 e. The van der Waals surface area contributed by atoms with E-state index in [-0.39, 0.29) is 17.7 Å². The fourth-order valence-corrected chi connectivity index (χ4v) is 4.59. The molecule has 2 aliphatic rings. The van der Waals surface area contributed by atoms with Crippen molar-refractivity contribution in [1.29, 1.82) is 0 Å². The fraction of sp³-hybridized carbons (Fsp3) is 0.684. The van der Waals surface area contributed by atoms with E-state index in [9.17, 15) is 14.7 Å². The van der Waals surface area contributed by atoms with E-state index in [2.05, 4.69) is 11.2 Å². The van der Waals surface area contributed by atoms with Gasteiger partial charge in [-0.1, -0.05) is 30.9 Å². The number of aliphatic carboxylic acids is 1. The second-order valence-electron chi connectivity index (χ2n) is 7.06. The molecule has 23 heavy (non-hydrogen) atoms. The van der Waals surface area contributed by atoms with Gasteiger partial charge in [0.2, 0.25) is 5.91 Å². The molecule has 0 aromatic heterocycles. The number of hydrogen-bond acceptors (Lipinski definition) is 2. The molecule has 2 N–H and O–H groups in total. The summed E-state index contributed by atoms with van der Waals surface area (Å²) in [5.41, 5.74) is 1.68. The van der Waals surface area contributed by atoms with Gasteiger partial charge in [-0.05, 0) is 51.4 Å². The summed E-state index contributed by atoms with van der Waals surface area (Å²) in [5.74, 6) is 0.577. The Morgan fingerprint density at radius 1 is 1.22 bits per heavy atom. The third kappa shape index (κ3) is 2.78. The summed E-state index contributed by atoms with van der Waals surface area (Å²) in [5, 5.41) is 12.7. The van der Waals surface area contributed by atoms with Crippen molar-refractivity contribution < 1.29 is 14.7 Å². The lowest BCUT2D eigenvalue weighted by Crippen LogP contribution is -2.51. The van der Waals surface area contributed by atoms with Crippen molar-refractivity contribution in [3.63, 3.8) is 0 Å². The normalized spacial score (nSPS) is 29.3. The Kier molecular flexibility index (Phi) is 4.89. The van der Waals surface area contributed by atoms with Crippen molar-refractivity contribution >= 4 is 11.9 Å². The summed E-state index contributed by atoms with van der Waals surface area (Å²) < 4.78 is 0. The summed E-state index contributed by atoms with van der Waals surface area (Å²) in [6, 6.07) is 0. The predicted molar refractivity (Wildman–Crippen MR) is 89.5 cm³/mol. The largest absolute Gasteiger partial charge is 0.481 e. The summed E-state index contributed by atoms with van der Waals surface area (Å²) >= 11 is 0. The molecule has 1 amide bonds. The van der Waals surface area contributed by atoms with Crippen LogP contribution < -0.4 is 5.32 Å².